The van der Waals surface area contributed by atoms with Gasteiger partial charge in [-0.05, 0) is 91.2 Å². The van der Waals surface area contributed by atoms with Crippen molar-refractivity contribution in [3.63, 3.8) is 0 Å². The summed E-state index contributed by atoms with van der Waals surface area (Å²) in [6, 6.07) is 49.9. The first-order chi connectivity index (χ1) is 23.1. The molecule has 0 aliphatic rings. The van der Waals surface area contributed by atoms with E-state index in [-0.39, 0.29) is 0 Å². The number of benzene rings is 7. The zero-order valence-corrected chi connectivity index (χ0v) is 26.0. The summed E-state index contributed by atoms with van der Waals surface area (Å²) in [6.07, 6.45) is 0. The van der Waals surface area contributed by atoms with Gasteiger partial charge in [0.1, 0.15) is 16.7 Å². The van der Waals surface area contributed by atoms with E-state index in [0.717, 1.165) is 71.8 Å². The van der Waals surface area contributed by atoms with Crippen molar-refractivity contribution in [1.29, 1.82) is 0 Å². The Morgan fingerprint density at radius 2 is 1.11 bits per heavy atom. The molecule has 0 fully saturated rings. The molecule has 3 heteroatoms. The summed E-state index contributed by atoms with van der Waals surface area (Å²) in [6.45, 7) is 4.32. The highest BCUT2D eigenvalue weighted by Gasteiger charge is 2.21. The summed E-state index contributed by atoms with van der Waals surface area (Å²) < 4.78 is 15.7. The second kappa shape index (κ2) is 9.72. The van der Waals surface area contributed by atoms with Crippen molar-refractivity contribution in [2.45, 2.75) is 13.8 Å². The fraction of sp³-hybridized carbons (Fsp3) is 0.0455. The molecule has 0 atom stereocenters. The lowest BCUT2D eigenvalue weighted by atomic mass is 9.95. The molecular formula is C44H29NO2. The van der Waals surface area contributed by atoms with Gasteiger partial charge in [0.05, 0.1) is 16.7 Å². The Bertz CT molecular complexity index is 2800. The zero-order valence-electron chi connectivity index (χ0n) is 26.0. The van der Waals surface area contributed by atoms with Crippen LogP contribution in [0.15, 0.2) is 148 Å². The summed E-state index contributed by atoms with van der Waals surface area (Å²) in [7, 11) is 0. The molecule has 0 radical (unpaired) electrons. The van der Waals surface area contributed by atoms with E-state index in [0.29, 0.717) is 0 Å². The first-order valence-electron chi connectivity index (χ1n) is 16.1. The molecule has 10 aromatic rings. The number of para-hydroxylation sites is 2. The third kappa shape index (κ3) is 3.87. The van der Waals surface area contributed by atoms with Crippen LogP contribution in [0.4, 0.5) is 0 Å². The number of hydrogen-bond donors (Lipinski definition) is 0. The Morgan fingerprint density at radius 3 is 1.89 bits per heavy atom. The average molecular weight is 604 g/mol. The van der Waals surface area contributed by atoms with E-state index in [1.54, 1.807) is 0 Å². The predicted molar refractivity (Wildman–Crippen MR) is 196 cm³/mol. The van der Waals surface area contributed by atoms with Gasteiger partial charge in [0.25, 0.3) is 0 Å². The highest BCUT2D eigenvalue weighted by atomic mass is 16.3. The van der Waals surface area contributed by atoms with Crippen LogP contribution >= 0.6 is 0 Å². The SMILES string of the molecule is Cc1ccc2c(c1)c1cc(C)ccc1n2-c1cccc2c1oc1c(-c3ccccc3)cc(-c3ccc4c(c3)oc3ccccc34)cc12. The maximum Gasteiger partial charge on any atom is 0.159 e. The summed E-state index contributed by atoms with van der Waals surface area (Å²) in [5, 5.41) is 6.96. The van der Waals surface area contributed by atoms with Gasteiger partial charge in [-0.25, -0.2) is 0 Å². The Morgan fingerprint density at radius 1 is 0.404 bits per heavy atom. The highest BCUT2D eigenvalue weighted by molar-refractivity contribution is 6.16. The molecule has 0 bridgehead atoms. The Labute approximate surface area is 270 Å². The molecule has 3 heterocycles. The minimum absolute atomic E-state index is 0.879. The molecule has 7 aromatic carbocycles. The molecule has 0 saturated heterocycles. The molecule has 0 aliphatic heterocycles. The molecule has 3 nitrogen and oxygen atoms in total. The van der Waals surface area contributed by atoms with Crippen LogP contribution in [0, 0.1) is 13.8 Å². The molecule has 0 amide bonds. The van der Waals surface area contributed by atoms with E-state index in [1.165, 1.54) is 32.9 Å². The second-order valence-corrected chi connectivity index (χ2v) is 12.7. The van der Waals surface area contributed by atoms with Gasteiger partial charge < -0.3 is 13.4 Å². The van der Waals surface area contributed by atoms with Crippen molar-refractivity contribution in [3.8, 4) is 27.9 Å². The molecule has 0 saturated carbocycles. The first-order valence-corrected chi connectivity index (χ1v) is 16.1. The first kappa shape index (κ1) is 26.2. The van der Waals surface area contributed by atoms with E-state index in [4.69, 9.17) is 8.83 Å². The molecule has 0 unspecified atom stereocenters. The van der Waals surface area contributed by atoms with Gasteiger partial charge in [0, 0.05) is 37.9 Å². The lowest BCUT2D eigenvalue weighted by Gasteiger charge is -2.08. The van der Waals surface area contributed by atoms with Crippen LogP contribution in [0.5, 0.6) is 0 Å². The number of furan rings is 2. The third-order valence-corrected chi connectivity index (χ3v) is 9.69. The molecule has 222 valence electrons. The molecular weight excluding hydrogens is 574 g/mol. The summed E-state index contributed by atoms with van der Waals surface area (Å²) in [5.41, 5.74) is 13.9. The van der Waals surface area contributed by atoms with Crippen LogP contribution in [0.3, 0.4) is 0 Å². The Hall–Kier alpha value is -6.06. The van der Waals surface area contributed by atoms with Gasteiger partial charge in [-0.15, -0.1) is 0 Å². The van der Waals surface area contributed by atoms with E-state index in [1.807, 2.05) is 12.1 Å². The van der Waals surface area contributed by atoms with Crippen LogP contribution in [-0.2, 0) is 0 Å². The van der Waals surface area contributed by atoms with Gasteiger partial charge in [0.15, 0.2) is 5.58 Å². The van der Waals surface area contributed by atoms with Crippen molar-refractivity contribution in [1.82, 2.24) is 4.57 Å². The summed E-state index contributed by atoms with van der Waals surface area (Å²) in [4.78, 5) is 0. The maximum absolute atomic E-state index is 7.00. The van der Waals surface area contributed by atoms with Crippen LogP contribution in [-0.4, -0.2) is 4.57 Å². The number of hydrogen-bond acceptors (Lipinski definition) is 2. The van der Waals surface area contributed by atoms with Crippen molar-refractivity contribution in [3.05, 3.63) is 151 Å². The average Bonchev–Trinajstić information content (AvgIpc) is 3.77. The number of aryl methyl sites for hydroxylation is 2. The molecule has 0 aliphatic carbocycles. The fourth-order valence-corrected chi connectivity index (χ4v) is 7.48. The Balaban J connectivity index is 1.27. The second-order valence-electron chi connectivity index (χ2n) is 12.7. The van der Waals surface area contributed by atoms with Crippen molar-refractivity contribution in [2.24, 2.45) is 0 Å². The molecule has 47 heavy (non-hydrogen) atoms. The summed E-state index contributed by atoms with van der Waals surface area (Å²) >= 11 is 0. The molecule has 0 N–H and O–H groups in total. The topological polar surface area (TPSA) is 31.2 Å². The third-order valence-electron chi connectivity index (χ3n) is 9.69. The van der Waals surface area contributed by atoms with Crippen LogP contribution < -0.4 is 0 Å². The molecule has 10 rings (SSSR count). The van der Waals surface area contributed by atoms with Crippen molar-refractivity contribution >= 4 is 65.7 Å². The van der Waals surface area contributed by atoms with E-state index in [2.05, 4.69) is 146 Å². The van der Waals surface area contributed by atoms with Gasteiger partial charge in [-0.3, -0.25) is 0 Å². The van der Waals surface area contributed by atoms with E-state index in [9.17, 15) is 0 Å². The highest BCUT2D eigenvalue weighted by Crippen LogP contribution is 2.43. The minimum atomic E-state index is 0.879. The van der Waals surface area contributed by atoms with E-state index >= 15 is 0 Å². The van der Waals surface area contributed by atoms with Gasteiger partial charge in [-0.2, -0.15) is 0 Å². The number of rotatable bonds is 3. The molecule has 3 aromatic heterocycles. The quantitative estimate of drug-likeness (QED) is 0.201. The largest absolute Gasteiger partial charge is 0.456 e. The fourth-order valence-electron chi connectivity index (χ4n) is 7.48. The number of nitrogens with zero attached hydrogens (tertiary/aromatic N) is 1. The standard InChI is InChI=1S/C44H29NO2/c1-26-15-19-38-35(21-26)36-22-27(2)16-20-39(36)45(38)40-13-8-12-33-37-24-30(23-34(43(37)47-44(33)40)28-9-4-3-5-10-28)29-17-18-32-31-11-6-7-14-41(31)46-42(32)25-29/h3-25H,1-2H3. The zero-order chi connectivity index (χ0) is 31.2. The monoisotopic (exact) mass is 603 g/mol. The van der Waals surface area contributed by atoms with Crippen molar-refractivity contribution < 1.29 is 8.83 Å². The Kier molecular flexibility index (Phi) is 5.41. The van der Waals surface area contributed by atoms with Gasteiger partial charge >= 0.3 is 0 Å². The normalized spacial score (nSPS) is 12.0. The predicted octanol–water partition coefficient (Wildman–Crippen LogP) is 12.5. The minimum Gasteiger partial charge on any atom is -0.456 e. The van der Waals surface area contributed by atoms with Crippen LogP contribution in [0.2, 0.25) is 0 Å². The summed E-state index contributed by atoms with van der Waals surface area (Å²) in [5.74, 6) is 0. The van der Waals surface area contributed by atoms with Crippen LogP contribution in [0.1, 0.15) is 11.1 Å². The van der Waals surface area contributed by atoms with Gasteiger partial charge in [-0.1, -0.05) is 90.0 Å². The maximum atomic E-state index is 7.00. The lowest BCUT2D eigenvalue weighted by Crippen LogP contribution is -1.94. The number of aromatic nitrogens is 1. The smallest absolute Gasteiger partial charge is 0.159 e. The number of fused-ring (bicyclic) bond motifs is 9. The molecule has 0 spiro atoms. The van der Waals surface area contributed by atoms with E-state index < -0.39 is 0 Å². The lowest BCUT2D eigenvalue weighted by molar-refractivity contribution is 0.667. The van der Waals surface area contributed by atoms with Crippen molar-refractivity contribution in [2.75, 3.05) is 0 Å². The van der Waals surface area contributed by atoms with Gasteiger partial charge in [0.2, 0.25) is 0 Å². The van der Waals surface area contributed by atoms with Crippen LogP contribution in [0.25, 0.3) is 93.6 Å².